The molecule has 0 fully saturated rings. The maximum absolute atomic E-state index is 8.63. The third kappa shape index (κ3) is 2.77. The number of nitriles is 1. The lowest BCUT2D eigenvalue weighted by molar-refractivity contribution is 0.260. The molecule has 2 aromatic carbocycles. The van der Waals surface area contributed by atoms with E-state index in [1.54, 1.807) is 0 Å². The number of rotatable bonds is 4. The molecule has 4 nitrogen and oxygen atoms in total. The van der Waals surface area contributed by atoms with E-state index in [4.69, 9.17) is 10.00 Å². The molecule has 0 saturated carbocycles. The molecule has 0 saturated heterocycles. The topological polar surface area (TPSA) is 48.3 Å². The fourth-order valence-electron chi connectivity index (χ4n) is 2.39. The number of ether oxygens (including phenoxy) is 1. The summed E-state index contributed by atoms with van der Waals surface area (Å²) in [4.78, 5) is 2.07. The van der Waals surface area contributed by atoms with Crippen LogP contribution in [-0.4, -0.2) is 13.6 Å². The van der Waals surface area contributed by atoms with Gasteiger partial charge in [-0.25, -0.2) is 0 Å². The molecule has 1 aliphatic heterocycles. The number of benzene rings is 2. The van der Waals surface area contributed by atoms with Crippen molar-refractivity contribution < 1.29 is 4.74 Å². The Labute approximate surface area is 124 Å². The quantitative estimate of drug-likeness (QED) is 0.930. The van der Waals surface area contributed by atoms with Gasteiger partial charge in [-0.3, -0.25) is 0 Å². The first-order valence-corrected chi connectivity index (χ1v) is 6.98. The van der Waals surface area contributed by atoms with Crippen molar-refractivity contribution in [2.24, 2.45) is 0 Å². The maximum Gasteiger partial charge on any atom is 0.196 e. The van der Waals surface area contributed by atoms with Gasteiger partial charge in [0.2, 0.25) is 0 Å². The molecular formula is C17H17N3O. The van der Waals surface area contributed by atoms with E-state index in [9.17, 15) is 0 Å². The van der Waals surface area contributed by atoms with E-state index < -0.39 is 0 Å². The highest BCUT2D eigenvalue weighted by Gasteiger charge is 2.22. The Morgan fingerprint density at radius 1 is 1.19 bits per heavy atom. The van der Waals surface area contributed by atoms with E-state index in [1.165, 1.54) is 0 Å². The molecule has 0 radical (unpaired) electrons. The third-order valence-corrected chi connectivity index (χ3v) is 3.61. The molecule has 0 spiro atoms. The molecular weight excluding hydrogens is 262 g/mol. The summed E-state index contributed by atoms with van der Waals surface area (Å²) >= 11 is 0. The van der Waals surface area contributed by atoms with Gasteiger partial charge in [-0.05, 0) is 24.3 Å². The first-order chi connectivity index (χ1) is 10.3. The van der Waals surface area contributed by atoms with Crippen molar-refractivity contribution in [1.82, 2.24) is 0 Å². The molecule has 0 aromatic heterocycles. The van der Waals surface area contributed by atoms with Crippen LogP contribution in [0.25, 0.3) is 0 Å². The zero-order valence-corrected chi connectivity index (χ0v) is 11.9. The van der Waals surface area contributed by atoms with Crippen LogP contribution < -0.4 is 15.0 Å². The summed E-state index contributed by atoms with van der Waals surface area (Å²) in [6.07, 6.45) is 0.391. The Hall–Kier alpha value is -2.67. The Bertz CT molecular complexity index is 635. The van der Waals surface area contributed by atoms with Crippen LogP contribution in [0.5, 0.6) is 5.75 Å². The minimum Gasteiger partial charge on any atom is -0.464 e. The van der Waals surface area contributed by atoms with Crippen molar-refractivity contribution in [2.45, 2.75) is 12.6 Å². The fourth-order valence-corrected chi connectivity index (χ4v) is 2.39. The van der Waals surface area contributed by atoms with E-state index in [2.05, 4.69) is 40.6 Å². The van der Waals surface area contributed by atoms with Crippen LogP contribution in [0, 0.1) is 11.3 Å². The highest BCUT2D eigenvalue weighted by Crippen LogP contribution is 2.37. The molecule has 0 aliphatic carbocycles. The number of nitrogens with one attached hydrogen (secondary N) is 1. The largest absolute Gasteiger partial charge is 0.464 e. The van der Waals surface area contributed by atoms with Crippen molar-refractivity contribution in [3.63, 3.8) is 0 Å². The Kier molecular flexibility index (Phi) is 3.65. The number of para-hydroxylation sites is 2. The van der Waals surface area contributed by atoms with E-state index >= 15 is 0 Å². The smallest absolute Gasteiger partial charge is 0.196 e. The zero-order valence-electron chi connectivity index (χ0n) is 11.9. The lowest BCUT2D eigenvalue weighted by Crippen LogP contribution is -2.18. The molecule has 1 atom stereocenters. The van der Waals surface area contributed by atoms with Gasteiger partial charge in [0.15, 0.2) is 6.23 Å². The second kappa shape index (κ2) is 5.76. The van der Waals surface area contributed by atoms with Crippen LogP contribution >= 0.6 is 0 Å². The highest BCUT2D eigenvalue weighted by molar-refractivity contribution is 5.61. The highest BCUT2D eigenvalue weighted by atomic mass is 16.5. The average Bonchev–Trinajstić information content (AvgIpc) is 2.96. The van der Waals surface area contributed by atoms with Crippen LogP contribution in [0.4, 0.5) is 11.4 Å². The molecule has 21 heavy (non-hydrogen) atoms. The lowest BCUT2D eigenvalue weighted by Gasteiger charge is -2.19. The molecule has 4 heteroatoms. The number of nitrogens with zero attached hydrogens (tertiary/aromatic N) is 2. The predicted molar refractivity (Wildman–Crippen MR) is 83.4 cm³/mol. The van der Waals surface area contributed by atoms with Crippen LogP contribution in [0.2, 0.25) is 0 Å². The summed E-state index contributed by atoms with van der Waals surface area (Å²) in [5, 5.41) is 12.0. The van der Waals surface area contributed by atoms with E-state index in [1.807, 2.05) is 31.3 Å². The number of anilines is 2. The first kappa shape index (κ1) is 13.3. The van der Waals surface area contributed by atoms with Gasteiger partial charge in [0.1, 0.15) is 5.75 Å². The summed E-state index contributed by atoms with van der Waals surface area (Å²) < 4.78 is 5.89. The van der Waals surface area contributed by atoms with E-state index in [0.29, 0.717) is 6.42 Å². The summed E-state index contributed by atoms with van der Waals surface area (Å²) in [7, 11) is 1.99. The minimum absolute atomic E-state index is 0.138. The molecule has 3 rings (SSSR count). The fraction of sp³-hybridized carbons (Fsp3) is 0.235. The molecule has 2 aromatic rings. The van der Waals surface area contributed by atoms with Gasteiger partial charge in [-0.1, -0.05) is 24.3 Å². The Morgan fingerprint density at radius 2 is 1.95 bits per heavy atom. The summed E-state index contributed by atoms with van der Waals surface area (Å²) in [5.74, 6) is 0.887. The first-order valence-electron chi connectivity index (χ1n) is 6.98. The van der Waals surface area contributed by atoms with Crippen molar-refractivity contribution in [1.29, 1.82) is 5.26 Å². The van der Waals surface area contributed by atoms with Crippen molar-refractivity contribution in [3.8, 4) is 11.8 Å². The van der Waals surface area contributed by atoms with Gasteiger partial charge >= 0.3 is 0 Å². The average molecular weight is 279 g/mol. The predicted octanol–water partition coefficient (Wildman–Crippen LogP) is 3.54. The van der Waals surface area contributed by atoms with Crippen LogP contribution in [-0.2, 0) is 0 Å². The molecule has 0 bridgehead atoms. The number of hydrogen-bond acceptors (Lipinski definition) is 4. The van der Waals surface area contributed by atoms with Crippen molar-refractivity contribution >= 4 is 11.4 Å². The Balaban J connectivity index is 1.70. The molecule has 1 N–H and O–H groups in total. The van der Waals surface area contributed by atoms with Crippen LogP contribution in [0.3, 0.4) is 0 Å². The SMILES string of the molecule is CN(CCC#N)c1ccc([C@H]2Nc3ccccc3O2)cc1. The molecule has 106 valence electrons. The third-order valence-electron chi connectivity index (χ3n) is 3.61. The second-order valence-corrected chi connectivity index (χ2v) is 5.06. The van der Waals surface area contributed by atoms with E-state index in [0.717, 1.165) is 29.2 Å². The van der Waals surface area contributed by atoms with Gasteiger partial charge in [0.25, 0.3) is 0 Å². The standard InChI is InChI=1S/C17H17N3O/c1-20(12-4-11-18)14-9-7-13(8-10-14)17-19-15-5-2-3-6-16(15)21-17/h2-3,5-10,17,19H,4,12H2,1H3/t17-/m0/s1. The van der Waals surface area contributed by atoms with E-state index in [-0.39, 0.29) is 6.23 Å². The van der Waals surface area contributed by atoms with Crippen molar-refractivity contribution in [2.75, 3.05) is 23.8 Å². The van der Waals surface area contributed by atoms with Crippen LogP contribution in [0.1, 0.15) is 18.2 Å². The lowest BCUT2D eigenvalue weighted by atomic mass is 10.1. The summed E-state index contributed by atoms with van der Waals surface area (Å²) in [6, 6.07) is 18.3. The normalized spacial score (nSPS) is 15.5. The minimum atomic E-state index is -0.138. The maximum atomic E-state index is 8.63. The molecule has 0 amide bonds. The number of hydrogen-bond donors (Lipinski definition) is 1. The van der Waals surface area contributed by atoms with Crippen LogP contribution in [0.15, 0.2) is 48.5 Å². The Morgan fingerprint density at radius 3 is 2.67 bits per heavy atom. The second-order valence-electron chi connectivity index (χ2n) is 5.06. The van der Waals surface area contributed by atoms with Gasteiger partial charge in [-0.2, -0.15) is 5.26 Å². The summed E-state index contributed by atoms with van der Waals surface area (Å²) in [6.45, 7) is 0.736. The van der Waals surface area contributed by atoms with Gasteiger partial charge in [-0.15, -0.1) is 0 Å². The van der Waals surface area contributed by atoms with Gasteiger partial charge in [0.05, 0.1) is 18.2 Å². The molecule has 1 aliphatic rings. The number of fused-ring (bicyclic) bond motifs is 1. The molecule has 0 unspecified atom stereocenters. The molecule has 1 heterocycles. The van der Waals surface area contributed by atoms with Gasteiger partial charge in [0, 0.05) is 24.8 Å². The zero-order chi connectivity index (χ0) is 14.7. The van der Waals surface area contributed by atoms with Crippen molar-refractivity contribution in [3.05, 3.63) is 54.1 Å². The van der Waals surface area contributed by atoms with Gasteiger partial charge < -0.3 is 15.0 Å². The monoisotopic (exact) mass is 279 g/mol. The summed E-state index contributed by atoms with van der Waals surface area (Å²) in [5.41, 5.74) is 3.21.